The first-order chi connectivity index (χ1) is 8.15. The van der Waals surface area contributed by atoms with Crippen LogP contribution in [0.5, 0.6) is 0 Å². The zero-order valence-electron chi connectivity index (χ0n) is 11.6. The van der Waals surface area contributed by atoms with E-state index in [-0.39, 0.29) is 24.8 Å². The van der Waals surface area contributed by atoms with Gasteiger partial charge < -0.3 is 10.1 Å². The number of urea groups is 1. The molecule has 0 spiro atoms. The van der Waals surface area contributed by atoms with E-state index in [9.17, 15) is 14.4 Å². The monoisotopic (exact) mass is 258 g/mol. The molecule has 0 saturated carbocycles. The van der Waals surface area contributed by atoms with Gasteiger partial charge in [-0.05, 0) is 20.8 Å². The highest BCUT2D eigenvalue weighted by Crippen LogP contribution is 2.10. The summed E-state index contributed by atoms with van der Waals surface area (Å²) in [6, 6.07) is -0.600. The van der Waals surface area contributed by atoms with Gasteiger partial charge in [-0.3, -0.25) is 14.9 Å². The summed E-state index contributed by atoms with van der Waals surface area (Å²) in [7, 11) is 0. The third-order valence-electron chi connectivity index (χ3n) is 1.95. The zero-order valence-corrected chi connectivity index (χ0v) is 11.6. The van der Waals surface area contributed by atoms with Crippen LogP contribution in [-0.2, 0) is 14.3 Å². The van der Waals surface area contributed by atoms with Gasteiger partial charge in [0, 0.05) is 13.0 Å². The Balaban J connectivity index is 4.03. The van der Waals surface area contributed by atoms with E-state index >= 15 is 0 Å². The van der Waals surface area contributed by atoms with Gasteiger partial charge in [0.25, 0.3) is 0 Å². The maximum atomic E-state index is 11.6. The first kappa shape index (κ1) is 16.4. The third kappa shape index (κ3) is 7.65. The Morgan fingerprint density at radius 3 is 2.22 bits per heavy atom. The van der Waals surface area contributed by atoms with E-state index in [1.54, 1.807) is 34.6 Å². The molecule has 0 saturated heterocycles. The molecule has 0 aromatic heterocycles. The predicted octanol–water partition coefficient (Wildman–Crippen LogP) is 1.20. The molecule has 0 rings (SSSR count). The van der Waals surface area contributed by atoms with E-state index in [1.807, 2.05) is 0 Å². The van der Waals surface area contributed by atoms with E-state index in [1.165, 1.54) is 0 Å². The fraction of sp³-hybridized carbons (Fsp3) is 0.750. The molecule has 6 nitrogen and oxygen atoms in total. The van der Waals surface area contributed by atoms with Crippen LogP contribution in [-0.4, -0.2) is 30.1 Å². The summed E-state index contributed by atoms with van der Waals surface area (Å²) >= 11 is 0. The van der Waals surface area contributed by atoms with Gasteiger partial charge in [0.05, 0.1) is 5.92 Å². The van der Waals surface area contributed by atoms with Crippen LogP contribution in [0.4, 0.5) is 4.79 Å². The molecule has 0 aliphatic carbocycles. The molecule has 0 aliphatic heterocycles. The van der Waals surface area contributed by atoms with E-state index in [2.05, 4.69) is 10.6 Å². The molecule has 0 aromatic carbocycles. The fourth-order valence-electron chi connectivity index (χ4n) is 0.991. The van der Waals surface area contributed by atoms with Crippen molar-refractivity contribution in [3.05, 3.63) is 0 Å². The van der Waals surface area contributed by atoms with Crippen molar-refractivity contribution in [1.82, 2.24) is 10.6 Å². The highest BCUT2D eigenvalue weighted by atomic mass is 16.6. The van der Waals surface area contributed by atoms with Crippen LogP contribution in [0, 0.1) is 5.92 Å². The second kappa shape index (κ2) is 6.98. The lowest BCUT2D eigenvalue weighted by molar-refractivity contribution is -0.159. The lowest BCUT2D eigenvalue weighted by atomic mass is 10.1. The standard InChI is InChI=1S/C12H22N2O4/c1-6-9(15)14-11(17)13-7-8(2)10(16)18-12(3,4)5/h8H,6-7H2,1-5H3,(H2,13,14,15,17)/t8-/m0/s1. The van der Waals surface area contributed by atoms with E-state index in [4.69, 9.17) is 4.74 Å². The van der Waals surface area contributed by atoms with Crippen molar-refractivity contribution in [1.29, 1.82) is 0 Å². The van der Waals surface area contributed by atoms with Crippen molar-refractivity contribution < 1.29 is 19.1 Å². The van der Waals surface area contributed by atoms with Gasteiger partial charge in [0.15, 0.2) is 0 Å². The van der Waals surface area contributed by atoms with Gasteiger partial charge in [-0.1, -0.05) is 13.8 Å². The normalized spacial score (nSPS) is 12.5. The number of amides is 3. The maximum absolute atomic E-state index is 11.6. The number of rotatable bonds is 4. The van der Waals surface area contributed by atoms with Crippen LogP contribution in [0.2, 0.25) is 0 Å². The molecular weight excluding hydrogens is 236 g/mol. The summed E-state index contributed by atoms with van der Waals surface area (Å²) in [5, 5.41) is 4.57. The van der Waals surface area contributed by atoms with Gasteiger partial charge in [-0.25, -0.2) is 4.79 Å². The van der Waals surface area contributed by atoms with E-state index in [0.29, 0.717) is 0 Å². The topological polar surface area (TPSA) is 84.5 Å². The van der Waals surface area contributed by atoms with Gasteiger partial charge >= 0.3 is 12.0 Å². The van der Waals surface area contributed by atoms with Crippen molar-refractivity contribution in [2.24, 2.45) is 5.92 Å². The van der Waals surface area contributed by atoms with Crippen molar-refractivity contribution in [2.75, 3.05) is 6.54 Å². The molecule has 0 aromatic rings. The molecule has 1 atom stereocenters. The molecule has 18 heavy (non-hydrogen) atoms. The van der Waals surface area contributed by atoms with Crippen LogP contribution >= 0.6 is 0 Å². The van der Waals surface area contributed by atoms with Gasteiger partial charge in [0.2, 0.25) is 5.91 Å². The molecule has 6 heteroatoms. The highest BCUT2D eigenvalue weighted by Gasteiger charge is 2.22. The summed E-state index contributed by atoms with van der Waals surface area (Å²) in [5.74, 6) is -1.21. The molecule has 2 N–H and O–H groups in total. The van der Waals surface area contributed by atoms with Crippen LogP contribution in [0.25, 0.3) is 0 Å². The smallest absolute Gasteiger partial charge is 0.321 e. The number of nitrogens with one attached hydrogen (secondary N) is 2. The molecule has 0 bridgehead atoms. The Hall–Kier alpha value is -1.59. The minimum absolute atomic E-state index is 0.123. The summed E-state index contributed by atoms with van der Waals surface area (Å²) in [6.07, 6.45) is 0.231. The molecule has 0 aliphatic rings. The van der Waals surface area contributed by atoms with Gasteiger partial charge in [0.1, 0.15) is 5.60 Å². The summed E-state index contributed by atoms with van der Waals surface area (Å²) in [4.78, 5) is 33.7. The Morgan fingerprint density at radius 1 is 1.22 bits per heavy atom. The first-order valence-corrected chi connectivity index (χ1v) is 5.96. The number of carbonyl (C=O) groups excluding carboxylic acids is 3. The van der Waals surface area contributed by atoms with Crippen molar-refractivity contribution in [3.63, 3.8) is 0 Å². The molecular formula is C12H22N2O4. The zero-order chi connectivity index (χ0) is 14.3. The van der Waals surface area contributed by atoms with Crippen LogP contribution < -0.4 is 10.6 Å². The second-order valence-corrected chi connectivity index (χ2v) is 5.05. The molecule has 0 heterocycles. The maximum Gasteiger partial charge on any atom is 0.321 e. The summed E-state index contributed by atoms with van der Waals surface area (Å²) < 4.78 is 5.16. The minimum Gasteiger partial charge on any atom is -0.460 e. The average Bonchev–Trinajstić information content (AvgIpc) is 2.23. The average molecular weight is 258 g/mol. The number of hydrogen-bond acceptors (Lipinski definition) is 4. The number of esters is 1. The lowest BCUT2D eigenvalue weighted by Gasteiger charge is -2.22. The molecule has 3 amide bonds. The number of hydrogen-bond donors (Lipinski definition) is 2. The van der Waals surface area contributed by atoms with Gasteiger partial charge in [-0.15, -0.1) is 0 Å². The van der Waals surface area contributed by atoms with Crippen molar-refractivity contribution >= 4 is 17.9 Å². The second-order valence-electron chi connectivity index (χ2n) is 5.05. The van der Waals surface area contributed by atoms with Crippen molar-refractivity contribution in [3.8, 4) is 0 Å². The molecule has 0 radical (unpaired) electrons. The Kier molecular flexibility index (Phi) is 6.36. The number of ether oxygens (including phenoxy) is 1. The minimum atomic E-state index is -0.600. The van der Waals surface area contributed by atoms with E-state index < -0.39 is 17.6 Å². The molecule has 0 unspecified atom stereocenters. The summed E-state index contributed by atoms with van der Waals surface area (Å²) in [6.45, 7) is 8.74. The van der Waals surface area contributed by atoms with Crippen molar-refractivity contribution in [2.45, 2.75) is 46.6 Å². The quantitative estimate of drug-likeness (QED) is 0.742. The van der Waals surface area contributed by atoms with E-state index in [0.717, 1.165) is 0 Å². The van der Waals surface area contributed by atoms with Gasteiger partial charge in [-0.2, -0.15) is 0 Å². The lowest BCUT2D eigenvalue weighted by Crippen LogP contribution is -2.42. The third-order valence-corrected chi connectivity index (χ3v) is 1.95. The Morgan fingerprint density at radius 2 is 1.78 bits per heavy atom. The SMILES string of the molecule is CCC(=O)NC(=O)NC[C@H](C)C(=O)OC(C)(C)C. The fourth-order valence-corrected chi connectivity index (χ4v) is 0.991. The van der Waals surface area contributed by atoms with Crippen LogP contribution in [0.1, 0.15) is 41.0 Å². The molecule has 104 valence electrons. The van der Waals surface area contributed by atoms with Crippen LogP contribution in [0.15, 0.2) is 0 Å². The predicted molar refractivity (Wildman–Crippen MR) is 66.8 cm³/mol. The highest BCUT2D eigenvalue weighted by molar-refractivity contribution is 5.94. The number of imide groups is 1. The van der Waals surface area contributed by atoms with Crippen LogP contribution in [0.3, 0.4) is 0 Å². The number of carbonyl (C=O) groups is 3. The summed E-state index contributed by atoms with van der Waals surface area (Å²) in [5.41, 5.74) is -0.550. The molecule has 0 fully saturated rings. The largest absolute Gasteiger partial charge is 0.460 e. The first-order valence-electron chi connectivity index (χ1n) is 5.96. The Labute approximate surface area is 107 Å². The Bertz CT molecular complexity index is 321.